The quantitative estimate of drug-likeness (QED) is 0.681. The first kappa shape index (κ1) is 18.0. The van der Waals surface area contributed by atoms with E-state index < -0.39 is 0 Å². The third-order valence-corrected chi connectivity index (χ3v) is 4.57. The minimum absolute atomic E-state index is 0.309. The third kappa shape index (κ3) is 4.86. The van der Waals surface area contributed by atoms with Crippen LogP contribution in [0, 0.1) is 11.3 Å². The van der Waals surface area contributed by atoms with Gasteiger partial charge in [-0.25, -0.2) is 14.9 Å². The molecular weight excluding hydrogens is 333 g/mol. The highest BCUT2D eigenvalue weighted by atomic mass is 19.1. The van der Waals surface area contributed by atoms with Gasteiger partial charge < -0.3 is 10.4 Å². The number of piperidine rings is 1. The average Bonchev–Trinajstić information content (AvgIpc) is 2.67. The minimum atomic E-state index is -0.389. The first-order valence-corrected chi connectivity index (χ1v) is 8.60. The molecule has 3 N–H and O–H groups in total. The fraction of sp³-hybridized carbons (Fsp3) is 0.316. The van der Waals surface area contributed by atoms with Crippen LogP contribution >= 0.6 is 0 Å². The standard InChI is InChI=1S/C19H22FN5O/c20-16-4-5-19(22-11-16)23-12-17(24-21)13-25-8-6-14(7-9-25)15-2-1-3-18(26)10-15/h1-5,10-12,14,21,26H,6-9,13H2,(H,22,23)/b17-12-,24-21?. The second-order valence-electron chi connectivity index (χ2n) is 6.40. The van der Waals surface area contributed by atoms with Crippen LogP contribution in [0.4, 0.5) is 10.2 Å². The summed E-state index contributed by atoms with van der Waals surface area (Å²) in [7, 11) is 0. The summed E-state index contributed by atoms with van der Waals surface area (Å²) in [5.41, 5.74) is 9.12. The molecule has 1 fully saturated rings. The molecular formula is C19H22FN5O. The summed E-state index contributed by atoms with van der Waals surface area (Å²) >= 11 is 0. The van der Waals surface area contributed by atoms with Gasteiger partial charge in [-0.15, -0.1) is 0 Å². The van der Waals surface area contributed by atoms with Crippen molar-refractivity contribution >= 4 is 5.82 Å². The first-order valence-electron chi connectivity index (χ1n) is 8.60. The van der Waals surface area contributed by atoms with E-state index in [0.717, 1.165) is 32.1 Å². The van der Waals surface area contributed by atoms with Gasteiger partial charge in [-0.2, -0.15) is 5.11 Å². The number of hydrogen-bond donors (Lipinski definition) is 3. The van der Waals surface area contributed by atoms with Crippen LogP contribution in [0.15, 0.2) is 59.6 Å². The van der Waals surface area contributed by atoms with Gasteiger partial charge in [0.05, 0.1) is 11.9 Å². The molecule has 0 amide bonds. The van der Waals surface area contributed by atoms with E-state index in [1.165, 1.54) is 17.7 Å². The molecule has 1 aromatic carbocycles. The summed E-state index contributed by atoms with van der Waals surface area (Å²) in [5.74, 6) is 0.874. The fourth-order valence-electron chi connectivity index (χ4n) is 3.16. The summed E-state index contributed by atoms with van der Waals surface area (Å²) in [6.45, 7) is 2.38. The monoisotopic (exact) mass is 355 g/mol. The van der Waals surface area contributed by atoms with Gasteiger partial charge in [-0.05, 0) is 61.7 Å². The van der Waals surface area contributed by atoms with Crippen molar-refractivity contribution in [3.8, 4) is 5.75 Å². The number of anilines is 1. The number of aromatic nitrogens is 1. The minimum Gasteiger partial charge on any atom is -0.508 e. The molecule has 6 nitrogen and oxygen atoms in total. The smallest absolute Gasteiger partial charge is 0.141 e. The Hall–Kier alpha value is -2.80. The second kappa shape index (κ2) is 8.53. The zero-order chi connectivity index (χ0) is 18.4. The molecule has 0 bridgehead atoms. The lowest BCUT2D eigenvalue weighted by atomic mass is 9.89. The van der Waals surface area contributed by atoms with Gasteiger partial charge in [0.2, 0.25) is 0 Å². The number of phenols is 1. The van der Waals surface area contributed by atoms with Gasteiger partial charge >= 0.3 is 0 Å². The van der Waals surface area contributed by atoms with E-state index >= 15 is 0 Å². The Labute approximate surface area is 151 Å². The number of halogens is 1. The molecule has 0 saturated carbocycles. The lowest BCUT2D eigenvalue weighted by Crippen LogP contribution is -2.34. The number of rotatable bonds is 6. The molecule has 1 aromatic heterocycles. The molecule has 2 aromatic rings. The third-order valence-electron chi connectivity index (χ3n) is 4.57. The van der Waals surface area contributed by atoms with Crippen molar-refractivity contribution in [2.45, 2.75) is 18.8 Å². The molecule has 7 heteroatoms. The van der Waals surface area contributed by atoms with Crippen molar-refractivity contribution in [3.05, 3.63) is 65.9 Å². The predicted molar refractivity (Wildman–Crippen MR) is 97.6 cm³/mol. The number of hydrogen-bond acceptors (Lipinski definition) is 6. The van der Waals surface area contributed by atoms with E-state index in [4.69, 9.17) is 5.53 Å². The number of aromatic hydroxyl groups is 1. The lowest BCUT2D eigenvalue weighted by molar-refractivity contribution is 0.227. The fourth-order valence-corrected chi connectivity index (χ4v) is 3.16. The van der Waals surface area contributed by atoms with E-state index in [1.54, 1.807) is 12.3 Å². The maximum Gasteiger partial charge on any atom is 0.141 e. The zero-order valence-corrected chi connectivity index (χ0v) is 14.4. The second-order valence-corrected chi connectivity index (χ2v) is 6.40. The SMILES string of the molecule is N=N/C(=C\Nc1ccc(F)cn1)CN1CCC(c2cccc(O)c2)CC1. The number of nitrogens with one attached hydrogen (secondary N) is 2. The highest BCUT2D eigenvalue weighted by Crippen LogP contribution is 2.30. The Morgan fingerprint density at radius 2 is 2.15 bits per heavy atom. The van der Waals surface area contributed by atoms with Crippen LogP contribution in [0.3, 0.4) is 0 Å². The Morgan fingerprint density at radius 3 is 2.81 bits per heavy atom. The van der Waals surface area contributed by atoms with Gasteiger partial charge in [0.1, 0.15) is 17.4 Å². The van der Waals surface area contributed by atoms with Crippen LogP contribution in [0.5, 0.6) is 5.75 Å². The average molecular weight is 355 g/mol. The molecule has 1 aliphatic heterocycles. The van der Waals surface area contributed by atoms with E-state index in [0.29, 0.717) is 29.7 Å². The van der Waals surface area contributed by atoms with Crippen LogP contribution in [0.2, 0.25) is 0 Å². The topological polar surface area (TPSA) is 84.6 Å². The zero-order valence-electron chi connectivity index (χ0n) is 14.4. The van der Waals surface area contributed by atoms with Gasteiger partial charge in [0, 0.05) is 12.7 Å². The van der Waals surface area contributed by atoms with Gasteiger partial charge in [0.25, 0.3) is 0 Å². The lowest BCUT2D eigenvalue weighted by Gasteiger charge is -2.32. The normalized spacial score (nSPS) is 16.4. The molecule has 26 heavy (non-hydrogen) atoms. The van der Waals surface area contributed by atoms with Gasteiger partial charge in [-0.3, -0.25) is 4.90 Å². The predicted octanol–water partition coefficient (Wildman–Crippen LogP) is 4.09. The van der Waals surface area contributed by atoms with Crippen molar-refractivity contribution in [1.82, 2.24) is 9.88 Å². The van der Waals surface area contributed by atoms with Gasteiger partial charge in [-0.1, -0.05) is 12.1 Å². The first-order chi connectivity index (χ1) is 12.6. The summed E-state index contributed by atoms with van der Waals surface area (Å²) < 4.78 is 12.9. The Balaban J connectivity index is 1.53. The highest BCUT2D eigenvalue weighted by Gasteiger charge is 2.21. The Kier molecular flexibility index (Phi) is 5.91. The van der Waals surface area contributed by atoms with E-state index in [9.17, 15) is 9.50 Å². The number of benzene rings is 1. The molecule has 1 aliphatic rings. The molecule has 0 spiro atoms. The molecule has 1 saturated heterocycles. The number of phenolic OH excluding ortho intramolecular Hbond substituents is 1. The number of nitrogens with zero attached hydrogens (tertiary/aromatic N) is 3. The molecule has 0 aliphatic carbocycles. The Bertz CT molecular complexity index is 770. The van der Waals surface area contributed by atoms with E-state index in [2.05, 4.69) is 26.4 Å². The molecule has 2 heterocycles. The molecule has 3 rings (SSSR count). The molecule has 0 radical (unpaired) electrons. The van der Waals surface area contributed by atoms with Crippen LogP contribution in [0.1, 0.15) is 24.3 Å². The van der Waals surface area contributed by atoms with Crippen LogP contribution < -0.4 is 5.32 Å². The van der Waals surface area contributed by atoms with Crippen molar-refractivity contribution < 1.29 is 9.50 Å². The Morgan fingerprint density at radius 1 is 1.35 bits per heavy atom. The maximum absolute atomic E-state index is 12.9. The van der Waals surface area contributed by atoms with Gasteiger partial charge in [0.15, 0.2) is 0 Å². The number of pyridine rings is 1. The molecule has 136 valence electrons. The van der Waals surface area contributed by atoms with Crippen molar-refractivity contribution in [3.63, 3.8) is 0 Å². The van der Waals surface area contributed by atoms with Crippen LogP contribution in [0.25, 0.3) is 0 Å². The van der Waals surface area contributed by atoms with Crippen LogP contribution in [-0.4, -0.2) is 34.6 Å². The number of likely N-dealkylation sites (tertiary alicyclic amines) is 1. The summed E-state index contributed by atoms with van der Waals surface area (Å²) in [6, 6.07) is 10.3. The van der Waals surface area contributed by atoms with Crippen molar-refractivity contribution in [2.75, 3.05) is 25.0 Å². The van der Waals surface area contributed by atoms with Crippen molar-refractivity contribution in [2.24, 2.45) is 5.11 Å². The van der Waals surface area contributed by atoms with E-state index in [-0.39, 0.29) is 5.82 Å². The maximum atomic E-state index is 12.9. The van der Waals surface area contributed by atoms with Crippen molar-refractivity contribution in [1.29, 1.82) is 5.53 Å². The molecule has 0 atom stereocenters. The summed E-state index contributed by atoms with van der Waals surface area (Å²) in [6.07, 6.45) is 4.78. The van der Waals surface area contributed by atoms with E-state index in [1.807, 2.05) is 12.1 Å². The molecule has 0 unspecified atom stereocenters. The summed E-state index contributed by atoms with van der Waals surface area (Å²) in [4.78, 5) is 6.17. The largest absolute Gasteiger partial charge is 0.508 e. The van der Waals surface area contributed by atoms with Crippen LogP contribution in [-0.2, 0) is 0 Å². The highest BCUT2D eigenvalue weighted by molar-refractivity contribution is 5.37. The summed E-state index contributed by atoms with van der Waals surface area (Å²) in [5, 5.41) is 16.2.